The highest BCUT2D eigenvalue weighted by Gasteiger charge is 2.47. The molecule has 42 heavy (non-hydrogen) atoms. The molecule has 7 nitrogen and oxygen atoms in total. The van der Waals surface area contributed by atoms with E-state index >= 15 is 0 Å². The number of anilines is 1. The average molecular weight is 576 g/mol. The summed E-state index contributed by atoms with van der Waals surface area (Å²) >= 11 is 0. The van der Waals surface area contributed by atoms with Gasteiger partial charge in [-0.05, 0) is 28.8 Å². The van der Waals surface area contributed by atoms with Gasteiger partial charge in [0.05, 0.1) is 25.4 Å². The largest absolute Gasteiger partial charge is 0.497 e. The number of rotatable bonds is 6. The lowest BCUT2D eigenvalue weighted by Crippen LogP contribution is -2.50. The number of nitrogens with one attached hydrogen (secondary N) is 1. The van der Waals surface area contributed by atoms with E-state index in [1.807, 2.05) is 36.4 Å². The molecule has 4 aromatic rings. The molecule has 1 aromatic heterocycles. The van der Waals surface area contributed by atoms with Gasteiger partial charge >= 0.3 is 6.18 Å². The van der Waals surface area contributed by atoms with Gasteiger partial charge in [-0.25, -0.2) is 4.68 Å². The summed E-state index contributed by atoms with van der Waals surface area (Å²) in [6.07, 6.45) is -3.50. The Balaban J connectivity index is 1.23. The third-order valence-corrected chi connectivity index (χ3v) is 8.18. The standard InChI is InChI=1S/C32H32F3N5O2/c1-42-25-14-12-22(13-15-25)27-20-28(32(33,34)35)40-30(37-27)26(21-36-40)31(41)39-18-16-38(17-19-39)29(23-8-4-2-5-9-23)24-10-6-3-7-11-24/h2-15,21,27-29,37H,16-20H2,1H3/t27-,28-/m1/s1. The summed E-state index contributed by atoms with van der Waals surface area (Å²) in [6, 6.07) is 25.0. The molecule has 6 rings (SSSR count). The van der Waals surface area contributed by atoms with Crippen molar-refractivity contribution in [2.45, 2.75) is 30.7 Å². The van der Waals surface area contributed by atoms with Crippen molar-refractivity contribution in [1.82, 2.24) is 19.6 Å². The van der Waals surface area contributed by atoms with Crippen LogP contribution in [-0.2, 0) is 0 Å². The van der Waals surface area contributed by atoms with E-state index in [1.165, 1.54) is 24.4 Å². The molecule has 2 aliphatic rings. The van der Waals surface area contributed by atoms with Crippen LogP contribution in [0.25, 0.3) is 0 Å². The minimum absolute atomic E-state index is 0.0352. The lowest BCUT2D eigenvalue weighted by atomic mass is 9.96. The van der Waals surface area contributed by atoms with Crippen LogP contribution in [0.1, 0.15) is 51.6 Å². The fourth-order valence-corrected chi connectivity index (χ4v) is 6.01. The fourth-order valence-electron chi connectivity index (χ4n) is 6.01. The molecule has 2 atom stereocenters. The molecule has 0 radical (unpaired) electrons. The lowest BCUT2D eigenvalue weighted by Gasteiger charge is -2.40. The number of amides is 1. The van der Waals surface area contributed by atoms with E-state index in [0.717, 1.165) is 4.68 Å². The van der Waals surface area contributed by atoms with Gasteiger partial charge in [-0.3, -0.25) is 9.69 Å². The van der Waals surface area contributed by atoms with Crippen molar-refractivity contribution in [3.05, 3.63) is 113 Å². The highest BCUT2D eigenvalue weighted by molar-refractivity contribution is 5.99. The quantitative estimate of drug-likeness (QED) is 0.301. The highest BCUT2D eigenvalue weighted by atomic mass is 19.4. The molecule has 0 unspecified atom stereocenters. The van der Waals surface area contributed by atoms with E-state index in [1.54, 1.807) is 29.2 Å². The zero-order valence-corrected chi connectivity index (χ0v) is 23.2. The van der Waals surface area contributed by atoms with Crippen LogP contribution in [0.3, 0.4) is 0 Å². The number of carbonyl (C=O) groups is 1. The van der Waals surface area contributed by atoms with Crippen molar-refractivity contribution in [2.24, 2.45) is 0 Å². The van der Waals surface area contributed by atoms with Gasteiger partial charge in [0, 0.05) is 32.6 Å². The van der Waals surface area contributed by atoms with E-state index in [9.17, 15) is 18.0 Å². The van der Waals surface area contributed by atoms with Gasteiger partial charge in [0.25, 0.3) is 5.91 Å². The first-order chi connectivity index (χ1) is 20.3. The molecule has 10 heteroatoms. The van der Waals surface area contributed by atoms with Gasteiger partial charge in [0.2, 0.25) is 0 Å². The van der Waals surface area contributed by atoms with Gasteiger partial charge in [-0.1, -0.05) is 72.8 Å². The molecular formula is C32H32F3N5O2. The van der Waals surface area contributed by atoms with Crippen molar-refractivity contribution in [2.75, 3.05) is 38.6 Å². The molecule has 2 aliphatic heterocycles. The Hall–Kier alpha value is -4.31. The lowest BCUT2D eigenvalue weighted by molar-refractivity contribution is -0.173. The minimum Gasteiger partial charge on any atom is -0.497 e. The number of fused-ring (bicyclic) bond motifs is 1. The molecule has 1 fully saturated rings. The Morgan fingerprint density at radius 2 is 1.50 bits per heavy atom. The third-order valence-electron chi connectivity index (χ3n) is 8.18. The molecule has 218 valence electrons. The van der Waals surface area contributed by atoms with Crippen molar-refractivity contribution in [3.63, 3.8) is 0 Å². The number of benzene rings is 3. The average Bonchev–Trinajstić information content (AvgIpc) is 3.45. The maximum atomic E-state index is 14.2. The van der Waals surface area contributed by atoms with Gasteiger partial charge in [-0.2, -0.15) is 18.3 Å². The first-order valence-electron chi connectivity index (χ1n) is 14.0. The topological polar surface area (TPSA) is 62.6 Å². The molecule has 1 amide bonds. The van der Waals surface area contributed by atoms with Crippen LogP contribution in [0.2, 0.25) is 0 Å². The van der Waals surface area contributed by atoms with Crippen molar-refractivity contribution in [3.8, 4) is 5.75 Å². The van der Waals surface area contributed by atoms with Crippen molar-refractivity contribution >= 4 is 11.7 Å². The summed E-state index contributed by atoms with van der Waals surface area (Å²) in [5.74, 6) is 0.391. The summed E-state index contributed by atoms with van der Waals surface area (Å²) < 4.78 is 48.7. The van der Waals surface area contributed by atoms with E-state index in [2.05, 4.69) is 39.6 Å². The fraction of sp³-hybridized carbons (Fsp3) is 0.312. The van der Waals surface area contributed by atoms with Crippen molar-refractivity contribution < 1.29 is 22.7 Å². The number of hydrogen-bond donors (Lipinski definition) is 1. The van der Waals surface area contributed by atoms with Gasteiger partial charge in [0.15, 0.2) is 6.04 Å². The van der Waals surface area contributed by atoms with E-state index in [-0.39, 0.29) is 29.8 Å². The number of ether oxygens (including phenoxy) is 1. The first-order valence-corrected chi connectivity index (χ1v) is 14.0. The number of halogens is 3. The zero-order chi connectivity index (χ0) is 29.3. The van der Waals surface area contributed by atoms with E-state index in [0.29, 0.717) is 37.5 Å². The summed E-state index contributed by atoms with van der Waals surface area (Å²) in [4.78, 5) is 17.8. The predicted molar refractivity (Wildman–Crippen MR) is 153 cm³/mol. The monoisotopic (exact) mass is 575 g/mol. The van der Waals surface area contributed by atoms with E-state index < -0.39 is 18.3 Å². The Morgan fingerprint density at radius 1 is 0.905 bits per heavy atom. The van der Waals surface area contributed by atoms with Gasteiger partial charge in [0.1, 0.15) is 17.1 Å². The SMILES string of the molecule is COc1ccc([C@H]2C[C@H](C(F)(F)F)n3ncc(C(=O)N4CCN(C(c5ccccc5)c5ccccc5)CC4)c3N2)cc1. The maximum Gasteiger partial charge on any atom is 0.410 e. The number of nitrogens with zero attached hydrogens (tertiary/aromatic N) is 4. The smallest absolute Gasteiger partial charge is 0.410 e. The Bertz CT molecular complexity index is 1460. The van der Waals surface area contributed by atoms with Crippen LogP contribution in [0.4, 0.5) is 19.0 Å². The van der Waals surface area contributed by atoms with E-state index in [4.69, 9.17) is 4.74 Å². The molecule has 1 saturated heterocycles. The van der Waals surface area contributed by atoms with Crippen LogP contribution in [0.15, 0.2) is 91.1 Å². The third kappa shape index (κ3) is 5.46. The number of methoxy groups -OCH3 is 1. The second kappa shape index (κ2) is 11.5. The van der Waals surface area contributed by atoms with Crippen molar-refractivity contribution in [1.29, 1.82) is 0 Å². The molecule has 0 bridgehead atoms. The summed E-state index contributed by atoms with van der Waals surface area (Å²) in [6.45, 7) is 2.14. The predicted octanol–water partition coefficient (Wildman–Crippen LogP) is 6.10. The molecule has 0 saturated carbocycles. The first kappa shape index (κ1) is 27.8. The Kier molecular flexibility index (Phi) is 7.64. The maximum absolute atomic E-state index is 14.2. The molecule has 1 N–H and O–H groups in total. The van der Waals surface area contributed by atoms with Crippen LogP contribution >= 0.6 is 0 Å². The Morgan fingerprint density at radius 3 is 2.05 bits per heavy atom. The number of carbonyl (C=O) groups excluding carboxylic acids is 1. The van der Waals surface area contributed by atoms with Crippen LogP contribution in [0.5, 0.6) is 5.75 Å². The second-order valence-corrected chi connectivity index (χ2v) is 10.7. The molecule has 0 aliphatic carbocycles. The van der Waals surface area contributed by atoms with Crippen LogP contribution in [-0.4, -0.2) is 65.0 Å². The number of hydrogen-bond acceptors (Lipinski definition) is 5. The summed E-state index contributed by atoms with van der Waals surface area (Å²) in [7, 11) is 1.54. The molecule has 3 aromatic carbocycles. The number of alkyl halides is 3. The molecular weight excluding hydrogens is 543 g/mol. The van der Waals surface area contributed by atoms with Gasteiger partial charge in [-0.15, -0.1) is 0 Å². The minimum atomic E-state index is -4.52. The highest BCUT2D eigenvalue weighted by Crippen LogP contribution is 2.44. The normalized spacial score (nSPS) is 19.3. The summed E-state index contributed by atoms with van der Waals surface area (Å²) in [5.41, 5.74) is 3.17. The van der Waals surface area contributed by atoms with Gasteiger partial charge < -0.3 is 15.0 Å². The zero-order valence-electron chi connectivity index (χ0n) is 23.2. The Labute approximate surface area is 242 Å². The molecule has 0 spiro atoms. The van der Waals surface area contributed by atoms with Crippen LogP contribution in [0, 0.1) is 0 Å². The number of aromatic nitrogens is 2. The second-order valence-electron chi connectivity index (χ2n) is 10.7. The molecule has 3 heterocycles. The summed E-state index contributed by atoms with van der Waals surface area (Å²) in [5, 5.41) is 7.25. The van der Waals surface area contributed by atoms with Crippen LogP contribution < -0.4 is 10.1 Å². The number of piperazine rings is 1.